The molecular weight excluding hydrogens is 366 g/mol. The van der Waals surface area contributed by atoms with Crippen LogP contribution in [0.5, 0.6) is 0 Å². The van der Waals surface area contributed by atoms with Crippen LogP contribution in [0.25, 0.3) is 11.8 Å². The molecule has 0 aliphatic carbocycles. The van der Waals surface area contributed by atoms with E-state index >= 15 is 0 Å². The summed E-state index contributed by atoms with van der Waals surface area (Å²) in [6, 6.07) is 14.2. The van der Waals surface area contributed by atoms with Gasteiger partial charge in [-0.05, 0) is 61.9 Å². The zero-order valence-corrected chi connectivity index (χ0v) is 16.3. The number of carbonyl (C=O) groups excluding carboxylic acids is 2. The number of ketones is 1. The van der Waals surface area contributed by atoms with Crippen molar-refractivity contribution in [2.75, 3.05) is 7.11 Å². The molecule has 3 aromatic rings. The molecular formula is C23H19N3O3. The minimum Gasteiger partial charge on any atom is -0.465 e. The fourth-order valence-electron chi connectivity index (χ4n) is 3.18. The van der Waals surface area contributed by atoms with Crippen LogP contribution in [0.15, 0.2) is 60.4 Å². The van der Waals surface area contributed by atoms with Gasteiger partial charge >= 0.3 is 5.97 Å². The van der Waals surface area contributed by atoms with E-state index in [1.54, 1.807) is 54.9 Å². The SMILES string of the molecule is COC(=O)c1ccc(-n2c(C)cc(C(=O)/C(C#N)=C/c3cccnc3)c2C)cc1. The second-order valence-electron chi connectivity index (χ2n) is 6.44. The lowest BCUT2D eigenvalue weighted by molar-refractivity contribution is 0.0600. The van der Waals surface area contributed by atoms with Crippen LogP contribution in [-0.2, 0) is 4.74 Å². The molecule has 0 radical (unpaired) electrons. The summed E-state index contributed by atoms with van der Waals surface area (Å²) in [4.78, 5) is 28.6. The molecule has 2 aromatic heterocycles. The van der Waals surface area contributed by atoms with E-state index in [2.05, 4.69) is 4.98 Å². The number of pyridine rings is 1. The number of allylic oxidation sites excluding steroid dienone is 1. The normalized spacial score (nSPS) is 11.0. The molecule has 0 amide bonds. The van der Waals surface area contributed by atoms with Crippen LogP contribution in [0.1, 0.15) is 37.7 Å². The number of benzene rings is 1. The molecule has 2 heterocycles. The number of nitriles is 1. The van der Waals surface area contributed by atoms with Crippen LogP contribution in [0.3, 0.4) is 0 Å². The first-order valence-electron chi connectivity index (χ1n) is 8.90. The molecule has 6 heteroatoms. The molecule has 0 aliphatic rings. The number of esters is 1. The summed E-state index contributed by atoms with van der Waals surface area (Å²) in [6.45, 7) is 3.71. The number of aromatic nitrogens is 2. The van der Waals surface area contributed by atoms with Gasteiger partial charge < -0.3 is 9.30 Å². The standard InChI is InChI=1S/C23H19N3O3/c1-15-11-21(22(27)19(13-24)12-17-5-4-10-25-14-17)16(2)26(15)20-8-6-18(7-9-20)23(28)29-3/h4-12,14H,1-3H3/b19-12+. The van der Waals surface area contributed by atoms with Gasteiger partial charge in [-0.2, -0.15) is 5.26 Å². The number of hydrogen-bond donors (Lipinski definition) is 0. The molecule has 6 nitrogen and oxygen atoms in total. The molecule has 0 fully saturated rings. The first-order chi connectivity index (χ1) is 14.0. The fraction of sp³-hybridized carbons (Fsp3) is 0.130. The molecule has 0 bridgehead atoms. The van der Waals surface area contributed by atoms with Crippen LogP contribution in [0.4, 0.5) is 0 Å². The van der Waals surface area contributed by atoms with E-state index in [4.69, 9.17) is 4.74 Å². The zero-order chi connectivity index (χ0) is 21.0. The van der Waals surface area contributed by atoms with Crippen LogP contribution in [-0.4, -0.2) is 28.4 Å². The van der Waals surface area contributed by atoms with Crippen molar-refractivity contribution in [3.63, 3.8) is 0 Å². The van der Waals surface area contributed by atoms with Crippen molar-refractivity contribution >= 4 is 17.8 Å². The van der Waals surface area contributed by atoms with Gasteiger partial charge in [0.15, 0.2) is 0 Å². The molecule has 3 rings (SSSR count). The molecule has 0 saturated heterocycles. The minimum absolute atomic E-state index is 0.0410. The van der Waals surface area contributed by atoms with Gasteiger partial charge in [0, 0.05) is 35.0 Å². The van der Waals surface area contributed by atoms with E-state index in [0.717, 1.165) is 11.4 Å². The number of ether oxygens (including phenoxy) is 1. The number of aryl methyl sites for hydroxylation is 1. The van der Waals surface area contributed by atoms with E-state index < -0.39 is 5.97 Å². The number of methoxy groups -OCH3 is 1. The van der Waals surface area contributed by atoms with Crippen molar-refractivity contribution in [1.29, 1.82) is 5.26 Å². The Labute approximate surface area is 168 Å². The molecule has 0 N–H and O–H groups in total. The van der Waals surface area contributed by atoms with Crippen LogP contribution >= 0.6 is 0 Å². The fourth-order valence-corrected chi connectivity index (χ4v) is 3.18. The van der Waals surface area contributed by atoms with E-state index in [1.807, 2.05) is 24.5 Å². The summed E-state index contributed by atoms with van der Waals surface area (Å²) in [5.74, 6) is -0.755. The van der Waals surface area contributed by atoms with Crippen LogP contribution in [0.2, 0.25) is 0 Å². The zero-order valence-electron chi connectivity index (χ0n) is 16.3. The summed E-state index contributed by atoms with van der Waals surface area (Å²) in [5, 5.41) is 9.50. The highest BCUT2D eigenvalue weighted by Crippen LogP contribution is 2.24. The van der Waals surface area contributed by atoms with Gasteiger partial charge in [0.1, 0.15) is 11.6 Å². The molecule has 29 heavy (non-hydrogen) atoms. The number of nitrogens with zero attached hydrogens (tertiary/aromatic N) is 3. The van der Waals surface area contributed by atoms with E-state index in [9.17, 15) is 14.9 Å². The molecule has 0 atom stereocenters. The number of Topliss-reactive ketones (excluding diaryl/α,β-unsaturated/α-hetero) is 1. The Bertz CT molecular complexity index is 1130. The van der Waals surface area contributed by atoms with Crippen LogP contribution < -0.4 is 0 Å². The average molecular weight is 385 g/mol. The minimum atomic E-state index is -0.410. The maximum absolute atomic E-state index is 13.0. The monoisotopic (exact) mass is 385 g/mol. The van der Waals surface area contributed by atoms with Crippen LogP contribution in [0, 0.1) is 25.2 Å². The maximum atomic E-state index is 13.0. The lowest BCUT2D eigenvalue weighted by atomic mass is 10.0. The highest BCUT2D eigenvalue weighted by atomic mass is 16.5. The number of rotatable bonds is 5. The van der Waals surface area contributed by atoms with Gasteiger partial charge in [-0.3, -0.25) is 9.78 Å². The van der Waals surface area contributed by atoms with E-state index in [-0.39, 0.29) is 11.4 Å². The maximum Gasteiger partial charge on any atom is 0.337 e. The van der Waals surface area contributed by atoms with Gasteiger partial charge in [-0.25, -0.2) is 4.79 Å². The summed E-state index contributed by atoms with van der Waals surface area (Å²) in [6.07, 6.45) is 4.76. The second kappa shape index (κ2) is 8.36. The quantitative estimate of drug-likeness (QED) is 0.286. The number of carbonyl (C=O) groups is 2. The highest BCUT2D eigenvalue weighted by molar-refractivity contribution is 6.14. The predicted octanol–water partition coefficient (Wildman–Crippen LogP) is 4.07. The first kappa shape index (κ1) is 19.8. The lowest BCUT2D eigenvalue weighted by Crippen LogP contribution is -2.06. The van der Waals surface area contributed by atoms with Crippen molar-refractivity contribution in [2.45, 2.75) is 13.8 Å². The van der Waals surface area contributed by atoms with E-state index in [0.29, 0.717) is 22.4 Å². The summed E-state index contributed by atoms with van der Waals surface area (Å²) >= 11 is 0. The van der Waals surface area contributed by atoms with Gasteiger partial charge in [0.05, 0.1) is 12.7 Å². The third-order valence-corrected chi connectivity index (χ3v) is 4.58. The lowest BCUT2D eigenvalue weighted by Gasteiger charge is -2.10. The Balaban J connectivity index is 1.99. The first-order valence-corrected chi connectivity index (χ1v) is 8.90. The molecule has 0 unspecified atom stereocenters. The Kier molecular flexibility index (Phi) is 5.70. The molecule has 144 valence electrons. The van der Waals surface area contributed by atoms with Gasteiger partial charge in [0.2, 0.25) is 5.78 Å². The van der Waals surface area contributed by atoms with Crippen molar-refractivity contribution in [3.8, 4) is 11.8 Å². The molecule has 0 saturated carbocycles. The topological polar surface area (TPSA) is 85.0 Å². The summed E-state index contributed by atoms with van der Waals surface area (Å²) < 4.78 is 6.63. The Morgan fingerprint density at radius 3 is 2.48 bits per heavy atom. The second-order valence-corrected chi connectivity index (χ2v) is 6.44. The summed E-state index contributed by atoms with van der Waals surface area (Å²) in [5.41, 5.74) is 3.99. The third-order valence-electron chi connectivity index (χ3n) is 4.58. The molecule has 1 aromatic carbocycles. The van der Waals surface area contributed by atoms with Gasteiger partial charge in [-0.1, -0.05) is 6.07 Å². The Morgan fingerprint density at radius 1 is 1.17 bits per heavy atom. The Hall–Kier alpha value is -3.98. The Morgan fingerprint density at radius 2 is 1.90 bits per heavy atom. The van der Waals surface area contributed by atoms with Gasteiger partial charge in [-0.15, -0.1) is 0 Å². The van der Waals surface area contributed by atoms with Crippen molar-refractivity contribution in [1.82, 2.24) is 9.55 Å². The third kappa shape index (κ3) is 3.99. The summed E-state index contributed by atoms with van der Waals surface area (Å²) in [7, 11) is 1.33. The molecule has 0 aliphatic heterocycles. The highest BCUT2D eigenvalue weighted by Gasteiger charge is 2.20. The number of hydrogen-bond acceptors (Lipinski definition) is 5. The predicted molar refractivity (Wildman–Crippen MR) is 109 cm³/mol. The smallest absolute Gasteiger partial charge is 0.337 e. The largest absolute Gasteiger partial charge is 0.465 e. The van der Waals surface area contributed by atoms with Crippen molar-refractivity contribution < 1.29 is 14.3 Å². The van der Waals surface area contributed by atoms with Crippen molar-refractivity contribution in [3.05, 3.63) is 88.5 Å². The average Bonchev–Trinajstić information content (AvgIpc) is 3.05. The molecule has 0 spiro atoms. The van der Waals surface area contributed by atoms with Gasteiger partial charge in [0.25, 0.3) is 0 Å². The van der Waals surface area contributed by atoms with E-state index in [1.165, 1.54) is 13.2 Å². The van der Waals surface area contributed by atoms with Crippen molar-refractivity contribution in [2.24, 2.45) is 0 Å².